The summed E-state index contributed by atoms with van der Waals surface area (Å²) in [6.45, 7) is 7.48. The van der Waals surface area contributed by atoms with E-state index in [0.29, 0.717) is 48.9 Å². The fourth-order valence-electron chi connectivity index (χ4n) is 6.44. The van der Waals surface area contributed by atoms with Crippen LogP contribution in [0.4, 0.5) is 23.7 Å². The molecule has 2 aromatic carbocycles. The summed E-state index contributed by atoms with van der Waals surface area (Å²) >= 11 is 0. The van der Waals surface area contributed by atoms with Crippen LogP contribution in [-0.4, -0.2) is 111 Å². The van der Waals surface area contributed by atoms with E-state index < -0.39 is 35.8 Å². The maximum Gasteiger partial charge on any atom is 0.490 e. The second-order valence-electron chi connectivity index (χ2n) is 15.6. The normalized spacial score (nSPS) is 15.9. The molecular formula is C41H52F3N9O7. The van der Waals surface area contributed by atoms with Crippen molar-refractivity contribution >= 4 is 29.6 Å². The van der Waals surface area contributed by atoms with E-state index in [9.17, 15) is 27.6 Å². The Labute approximate surface area is 346 Å². The first-order valence-corrected chi connectivity index (χ1v) is 19.4. The summed E-state index contributed by atoms with van der Waals surface area (Å²) < 4.78 is 42.9. The van der Waals surface area contributed by atoms with Gasteiger partial charge >= 0.3 is 18.2 Å². The number of nitrogens with one attached hydrogen (secondary N) is 2. The molecule has 4 aromatic rings. The van der Waals surface area contributed by atoms with Crippen molar-refractivity contribution in [2.75, 3.05) is 38.7 Å². The molecule has 16 nitrogen and oxygen atoms in total. The smallest absolute Gasteiger partial charge is 0.478 e. The number of benzene rings is 2. The summed E-state index contributed by atoms with van der Waals surface area (Å²) in [6.07, 6.45) is 0.111. The molecule has 0 bridgehead atoms. The first-order chi connectivity index (χ1) is 28.3. The molecule has 2 aromatic heterocycles. The van der Waals surface area contributed by atoms with Crippen LogP contribution in [-0.2, 0) is 25.5 Å². The van der Waals surface area contributed by atoms with Crippen LogP contribution in [0.1, 0.15) is 58.4 Å². The molecule has 324 valence electrons. The Kier molecular flexibility index (Phi) is 16.5. The molecule has 1 aliphatic carbocycles. The molecule has 1 fully saturated rings. The van der Waals surface area contributed by atoms with Crippen molar-refractivity contribution in [3.05, 3.63) is 72.4 Å². The number of alkyl carbamates (subject to hydrolysis) is 1. The Morgan fingerprint density at radius 2 is 1.55 bits per heavy atom. The zero-order valence-electron chi connectivity index (χ0n) is 34.2. The van der Waals surface area contributed by atoms with Crippen molar-refractivity contribution in [2.45, 2.75) is 77.1 Å². The van der Waals surface area contributed by atoms with Gasteiger partial charge in [0.2, 0.25) is 23.5 Å². The third-order valence-electron chi connectivity index (χ3n) is 9.45. The molecule has 5 rings (SSSR count). The molecular weight excluding hydrogens is 788 g/mol. The number of nitrogens with two attached hydrogens (primary N) is 1. The molecule has 1 atom stereocenters. The minimum Gasteiger partial charge on any atom is -0.478 e. The van der Waals surface area contributed by atoms with Crippen LogP contribution in [0.3, 0.4) is 0 Å². The van der Waals surface area contributed by atoms with Gasteiger partial charge in [-0.25, -0.2) is 14.6 Å². The monoisotopic (exact) mass is 839 g/mol. The van der Waals surface area contributed by atoms with Crippen LogP contribution in [0.25, 0.3) is 22.5 Å². The molecule has 2 heterocycles. The SMILES string of the molecule is CN(C)CCCOc1ccc(-c2ccc(C[C@@H](C(N)=O)N(c3ccc(-c4nn[nH]n4)cc3)C(=O)[C@H]3CC[C@H](CNC(=O)OC(C)(C)C)CC3)cc2)cn1.O=C(O)C(F)(F)F. The molecule has 0 aliphatic heterocycles. The van der Waals surface area contributed by atoms with Crippen molar-refractivity contribution in [1.82, 2.24) is 35.8 Å². The minimum atomic E-state index is -5.08. The molecule has 0 spiro atoms. The van der Waals surface area contributed by atoms with Crippen LogP contribution in [0, 0.1) is 11.8 Å². The van der Waals surface area contributed by atoms with E-state index >= 15 is 0 Å². The fraction of sp³-hybridized carbons (Fsp3) is 0.463. The number of carbonyl (C=O) groups is 4. The van der Waals surface area contributed by atoms with Gasteiger partial charge in [-0.3, -0.25) is 14.5 Å². The maximum absolute atomic E-state index is 14.4. The molecule has 0 unspecified atom stereocenters. The number of nitrogens with zero attached hydrogens (tertiary/aromatic N) is 6. The summed E-state index contributed by atoms with van der Waals surface area (Å²) in [4.78, 5) is 56.9. The Hall–Kier alpha value is -6.11. The van der Waals surface area contributed by atoms with Gasteiger partial charge in [0.15, 0.2) is 0 Å². The fourth-order valence-corrected chi connectivity index (χ4v) is 6.44. The van der Waals surface area contributed by atoms with Crippen LogP contribution in [0.15, 0.2) is 66.9 Å². The van der Waals surface area contributed by atoms with E-state index in [-0.39, 0.29) is 24.2 Å². The van der Waals surface area contributed by atoms with E-state index in [1.165, 1.54) is 0 Å². The molecule has 1 aliphatic rings. The highest BCUT2D eigenvalue weighted by atomic mass is 19.4. The Morgan fingerprint density at radius 1 is 0.933 bits per heavy atom. The van der Waals surface area contributed by atoms with E-state index in [2.05, 4.69) is 35.8 Å². The van der Waals surface area contributed by atoms with Crippen molar-refractivity contribution in [1.29, 1.82) is 0 Å². The number of primary amides is 1. The Balaban J connectivity index is 0.00000104. The summed E-state index contributed by atoms with van der Waals surface area (Å²) in [7, 11) is 4.06. The lowest BCUT2D eigenvalue weighted by atomic mass is 9.81. The number of alkyl halides is 3. The van der Waals surface area contributed by atoms with Crippen LogP contribution >= 0.6 is 0 Å². The summed E-state index contributed by atoms with van der Waals surface area (Å²) in [5, 5.41) is 24.2. The van der Waals surface area contributed by atoms with Crippen molar-refractivity contribution in [3.63, 3.8) is 0 Å². The van der Waals surface area contributed by atoms with Crippen LogP contribution in [0.5, 0.6) is 5.88 Å². The molecule has 3 amide bonds. The molecule has 0 radical (unpaired) electrons. The van der Waals surface area contributed by atoms with E-state index in [1.807, 2.05) is 71.3 Å². The van der Waals surface area contributed by atoms with Crippen LogP contribution < -0.4 is 20.7 Å². The molecule has 19 heteroatoms. The number of aliphatic carboxylic acids is 1. The summed E-state index contributed by atoms with van der Waals surface area (Å²) in [5.74, 6) is -2.64. The van der Waals surface area contributed by atoms with Crippen molar-refractivity contribution < 1.29 is 46.9 Å². The number of aromatic nitrogens is 5. The number of amides is 3. The van der Waals surface area contributed by atoms with E-state index in [1.54, 1.807) is 35.4 Å². The summed E-state index contributed by atoms with van der Waals surface area (Å²) in [6, 6.07) is 17.9. The van der Waals surface area contributed by atoms with Gasteiger partial charge in [-0.05, 0) is 120 Å². The number of hydrogen-bond donors (Lipinski definition) is 4. The number of halogens is 3. The number of hydrogen-bond acceptors (Lipinski definition) is 11. The quantitative estimate of drug-likeness (QED) is 0.107. The van der Waals surface area contributed by atoms with Gasteiger partial charge in [-0.2, -0.15) is 18.4 Å². The highest BCUT2D eigenvalue weighted by Gasteiger charge is 2.38. The van der Waals surface area contributed by atoms with Gasteiger partial charge < -0.3 is 30.5 Å². The molecule has 1 saturated carbocycles. The van der Waals surface area contributed by atoms with Gasteiger partial charge in [0.1, 0.15) is 11.6 Å². The minimum absolute atomic E-state index is 0.161. The van der Waals surface area contributed by atoms with Crippen LogP contribution in [0.2, 0.25) is 0 Å². The standard InChI is InChI=1S/C39H51N9O5.C2HF3O2/c1-39(2,3)53-38(51)42-24-27-9-13-30(14-10-27)37(50)48(32-18-15-29(16-19-32)36-43-45-46-44-36)33(35(40)49)23-26-7-11-28(12-8-26)31-17-20-34(41-25-31)52-22-6-21-47(4)5;3-2(4,5)1(6)7/h7-8,11-12,15-20,25,27,30,33H,6,9-10,13-14,21-24H2,1-5H3,(H2,40,49)(H,42,51)(H,43,44,45,46);(H,6,7)/t27-,30-,33-;/m0./s1. The lowest BCUT2D eigenvalue weighted by Crippen LogP contribution is -2.52. The highest BCUT2D eigenvalue weighted by Crippen LogP contribution is 2.33. The number of rotatable bonds is 15. The number of carboxylic acid groups (broad SMARTS) is 1. The van der Waals surface area contributed by atoms with E-state index in [4.69, 9.17) is 25.1 Å². The molecule has 60 heavy (non-hydrogen) atoms. The number of carboxylic acids is 1. The van der Waals surface area contributed by atoms with E-state index in [0.717, 1.165) is 42.5 Å². The number of H-pyrrole nitrogens is 1. The van der Waals surface area contributed by atoms with Crippen molar-refractivity contribution in [2.24, 2.45) is 17.6 Å². The predicted octanol–water partition coefficient (Wildman–Crippen LogP) is 5.65. The number of tetrazole rings is 1. The predicted molar refractivity (Wildman–Crippen MR) is 216 cm³/mol. The Morgan fingerprint density at radius 3 is 2.07 bits per heavy atom. The van der Waals surface area contributed by atoms with Gasteiger partial charge in [0.05, 0.1) is 6.61 Å². The van der Waals surface area contributed by atoms with Gasteiger partial charge in [-0.15, -0.1) is 10.2 Å². The lowest BCUT2D eigenvalue weighted by Gasteiger charge is -2.36. The molecule has 5 N–H and O–H groups in total. The van der Waals surface area contributed by atoms with Gasteiger partial charge in [0.25, 0.3) is 0 Å². The van der Waals surface area contributed by atoms with Crippen molar-refractivity contribution in [3.8, 4) is 28.4 Å². The summed E-state index contributed by atoms with van der Waals surface area (Å²) in [5.41, 5.74) is 9.50. The third-order valence-corrected chi connectivity index (χ3v) is 9.45. The average molecular weight is 840 g/mol. The highest BCUT2D eigenvalue weighted by molar-refractivity contribution is 6.01. The van der Waals surface area contributed by atoms with Gasteiger partial charge in [0, 0.05) is 54.5 Å². The number of anilines is 1. The third kappa shape index (κ3) is 14.6. The first kappa shape index (κ1) is 46.6. The maximum atomic E-state index is 14.4. The number of pyridine rings is 1. The molecule has 0 saturated heterocycles. The average Bonchev–Trinajstić information content (AvgIpc) is 3.74. The largest absolute Gasteiger partial charge is 0.490 e. The number of aromatic amines is 1. The first-order valence-electron chi connectivity index (χ1n) is 19.4. The number of ether oxygens (including phenoxy) is 2. The second kappa shape index (κ2) is 21.2. The lowest BCUT2D eigenvalue weighted by molar-refractivity contribution is -0.192. The van der Waals surface area contributed by atoms with Gasteiger partial charge in [-0.1, -0.05) is 24.3 Å². The Bertz CT molecular complexity index is 1980. The second-order valence-corrected chi connectivity index (χ2v) is 15.6. The zero-order valence-corrected chi connectivity index (χ0v) is 34.2. The topological polar surface area (TPSA) is 219 Å². The zero-order chi connectivity index (χ0) is 44.0. The number of carbonyl (C=O) groups excluding carboxylic acids is 3.